The Labute approximate surface area is 196 Å². The standard InChI is InChI=1S/C26H30N2O4S/c1-21(22-12-5-3-6-13-22)20-27-26(29)18-11-19-28(33(2,30)31)24-16-9-10-17-25(24)32-23-14-7-4-8-15-23/h3-10,12-17,21H,11,18-20H2,1-2H3,(H,27,29)/t21-/m1/s1. The normalized spacial score (nSPS) is 12.1. The molecule has 0 bridgehead atoms. The molecular formula is C26H30N2O4S. The van der Waals surface area contributed by atoms with Crippen LogP contribution in [0.15, 0.2) is 84.9 Å². The third kappa shape index (κ3) is 7.36. The minimum absolute atomic E-state index is 0.0972. The van der Waals surface area contributed by atoms with E-state index in [1.54, 1.807) is 24.3 Å². The van der Waals surface area contributed by atoms with Crippen molar-refractivity contribution in [3.05, 3.63) is 90.5 Å². The maximum Gasteiger partial charge on any atom is 0.232 e. The number of benzene rings is 3. The number of nitrogens with zero attached hydrogens (tertiary/aromatic N) is 1. The van der Waals surface area contributed by atoms with Gasteiger partial charge in [-0.1, -0.05) is 67.6 Å². The predicted molar refractivity (Wildman–Crippen MR) is 132 cm³/mol. The van der Waals surface area contributed by atoms with Gasteiger partial charge in [0, 0.05) is 19.5 Å². The van der Waals surface area contributed by atoms with Crippen LogP contribution in [0.3, 0.4) is 0 Å². The average Bonchev–Trinajstić information content (AvgIpc) is 2.81. The molecule has 0 radical (unpaired) electrons. The van der Waals surface area contributed by atoms with Crippen LogP contribution in [0.5, 0.6) is 11.5 Å². The lowest BCUT2D eigenvalue weighted by molar-refractivity contribution is -0.121. The Bertz CT molecular complexity index is 1140. The minimum Gasteiger partial charge on any atom is -0.455 e. The van der Waals surface area contributed by atoms with Gasteiger partial charge < -0.3 is 10.1 Å². The van der Waals surface area contributed by atoms with Gasteiger partial charge in [0.05, 0.1) is 11.9 Å². The lowest BCUT2D eigenvalue weighted by Crippen LogP contribution is -2.33. The van der Waals surface area contributed by atoms with E-state index in [9.17, 15) is 13.2 Å². The fraction of sp³-hybridized carbons (Fsp3) is 0.269. The highest BCUT2D eigenvalue weighted by Gasteiger charge is 2.21. The van der Waals surface area contributed by atoms with Gasteiger partial charge in [-0.15, -0.1) is 0 Å². The van der Waals surface area contributed by atoms with Crippen LogP contribution >= 0.6 is 0 Å². The zero-order valence-electron chi connectivity index (χ0n) is 19.0. The first kappa shape index (κ1) is 24.3. The van der Waals surface area contributed by atoms with Crippen LogP contribution in [-0.2, 0) is 14.8 Å². The fourth-order valence-corrected chi connectivity index (χ4v) is 4.44. The average molecular weight is 467 g/mol. The maximum absolute atomic E-state index is 12.6. The Morgan fingerprint density at radius 1 is 0.939 bits per heavy atom. The molecule has 0 saturated carbocycles. The summed E-state index contributed by atoms with van der Waals surface area (Å²) in [7, 11) is -3.57. The van der Waals surface area contributed by atoms with Gasteiger partial charge in [0.2, 0.25) is 15.9 Å². The third-order valence-electron chi connectivity index (χ3n) is 5.24. The van der Waals surface area contributed by atoms with E-state index in [-0.39, 0.29) is 24.8 Å². The lowest BCUT2D eigenvalue weighted by atomic mass is 10.0. The number of hydrogen-bond donors (Lipinski definition) is 1. The first-order chi connectivity index (χ1) is 15.8. The smallest absolute Gasteiger partial charge is 0.232 e. The van der Waals surface area contributed by atoms with Crippen LogP contribution in [0.4, 0.5) is 5.69 Å². The zero-order valence-corrected chi connectivity index (χ0v) is 19.8. The summed E-state index contributed by atoms with van der Waals surface area (Å²) in [5.41, 5.74) is 1.61. The number of carbonyl (C=O) groups excluding carboxylic acids is 1. The van der Waals surface area contributed by atoms with Crippen molar-refractivity contribution in [1.29, 1.82) is 0 Å². The van der Waals surface area contributed by atoms with Crippen molar-refractivity contribution in [3.8, 4) is 11.5 Å². The van der Waals surface area contributed by atoms with Gasteiger partial charge >= 0.3 is 0 Å². The van der Waals surface area contributed by atoms with Crippen LogP contribution < -0.4 is 14.4 Å². The molecule has 0 aliphatic carbocycles. The van der Waals surface area contributed by atoms with E-state index < -0.39 is 10.0 Å². The Hall–Kier alpha value is -3.32. The number of nitrogens with one attached hydrogen (secondary N) is 1. The van der Waals surface area contributed by atoms with Gasteiger partial charge in [0.1, 0.15) is 5.75 Å². The highest BCUT2D eigenvalue weighted by molar-refractivity contribution is 7.92. The number of hydrogen-bond acceptors (Lipinski definition) is 4. The predicted octanol–water partition coefficient (Wildman–Crippen LogP) is 4.95. The van der Waals surface area contributed by atoms with E-state index in [1.165, 1.54) is 4.31 Å². The number of para-hydroxylation sites is 3. The second-order valence-corrected chi connectivity index (χ2v) is 9.84. The zero-order chi connectivity index (χ0) is 23.7. The quantitative estimate of drug-likeness (QED) is 0.434. The molecule has 3 aromatic carbocycles. The van der Waals surface area contributed by atoms with E-state index in [4.69, 9.17) is 4.74 Å². The molecule has 3 aromatic rings. The SMILES string of the molecule is C[C@H](CNC(=O)CCCN(c1ccccc1Oc1ccccc1)S(C)(=O)=O)c1ccccc1. The summed E-state index contributed by atoms with van der Waals surface area (Å²) in [6.45, 7) is 2.77. The molecule has 0 unspecified atom stereocenters. The number of anilines is 1. The van der Waals surface area contributed by atoms with Crippen LogP contribution in [0, 0.1) is 0 Å². The Kier molecular flexibility index (Phi) is 8.49. The van der Waals surface area contributed by atoms with Crippen LogP contribution in [0.25, 0.3) is 0 Å². The second-order valence-electron chi connectivity index (χ2n) is 7.94. The van der Waals surface area contributed by atoms with Crippen molar-refractivity contribution in [2.45, 2.75) is 25.7 Å². The molecule has 0 aliphatic heterocycles. The Morgan fingerprint density at radius 2 is 1.55 bits per heavy atom. The highest BCUT2D eigenvalue weighted by atomic mass is 32.2. The second kappa shape index (κ2) is 11.5. The molecule has 6 nitrogen and oxygen atoms in total. The molecule has 0 saturated heterocycles. The summed E-state index contributed by atoms with van der Waals surface area (Å²) >= 11 is 0. The van der Waals surface area contributed by atoms with Crippen molar-refractivity contribution >= 4 is 21.6 Å². The van der Waals surface area contributed by atoms with Crippen LogP contribution in [0.1, 0.15) is 31.2 Å². The van der Waals surface area contributed by atoms with Gasteiger partial charge in [-0.25, -0.2) is 8.42 Å². The van der Waals surface area contributed by atoms with Crippen molar-refractivity contribution in [3.63, 3.8) is 0 Å². The van der Waals surface area contributed by atoms with E-state index >= 15 is 0 Å². The molecular weight excluding hydrogens is 436 g/mol. The molecule has 3 rings (SSSR count). The number of ether oxygens (including phenoxy) is 1. The van der Waals surface area contributed by atoms with E-state index in [0.29, 0.717) is 30.2 Å². The van der Waals surface area contributed by atoms with Gasteiger partial charge in [-0.05, 0) is 42.2 Å². The summed E-state index contributed by atoms with van der Waals surface area (Å²) in [6, 6.07) is 26.2. The summed E-state index contributed by atoms with van der Waals surface area (Å²) in [5, 5.41) is 2.95. The molecule has 0 spiro atoms. The summed E-state index contributed by atoms with van der Waals surface area (Å²) in [5.74, 6) is 1.16. The van der Waals surface area contributed by atoms with Crippen LogP contribution in [0.2, 0.25) is 0 Å². The summed E-state index contributed by atoms with van der Waals surface area (Å²) in [4.78, 5) is 12.4. The number of amides is 1. The Morgan fingerprint density at radius 3 is 2.21 bits per heavy atom. The van der Waals surface area contributed by atoms with Crippen molar-refractivity contribution in [2.24, 2.45) is 0 Å². The maximum atomic E-state index is 12.6. The van der Waals surface area contributed by atoms with E-state index in [2.05, 4.69) is 12.2 Å². The molecule has 0 aromatic heterocycles. The van der Waals surface area contributed by atoms with Crippen LogP contribution in [-0.4, -0.2) is 33.7 Å². The summed E-state index contributed by atoms with van der Waals surface area (Å²) in [6.07, 6.45) is 1.78. The van der Waals surface area contributed by atoms with Gasteiger partial charge in [-0.3, -0.25) is 9.10 Å². The highest BCUT2D eigenvalue weighted by Crippen LogP contribution is 2.33. The molecule has 0 fully saturated rings. The number of rotatable bonds is 11. The molecule has 0 aliphatic rings. The van der Waals surface area contributed by atoms with Gasteiger partial charge in [0.25, 0.3) is 0 Å². The first-order valence-corrected chi connectivity index (χ1v) is 12.8. The van der Waals surface area contributed by atoms with Crippen molar-refractivity contribution < 1.29 is 17.9 Å². The van der Waals surface area contributed by atoms with Crippen molar-refractivity contribution in [1.82, 2.24) is 5.32 Å². The molecule has 1 N–H and O–H groups in total. The fourth-order valence-electron chi connectivity index (χ4n) is 3.47. The van der Waals surface area contributed by atoms with Gasteiger partial charge in [0.15, 0.2) is 5.75 Å². The largest absolute Gasteiger partial charge is 0.455 e. The molecule has 0 heterocycles. The minimum atomic E-state index is -3.57. The molecule has 1 atom stereocenters. The number of carbonyl (C=O) groups is 1. The molecule has 174 valence electrons. The molecule has 33 heavy (non-hydrogen) atoms. The number of sulfonamides is 1. The molecule has 1 amide bonds. The first-order valence-electron chi connectivity index (χ1n) is 11.0. The van der Waals surface area contributed by atoms with E-state index in [0.717, 1.165) is 11.8 Å². The monoisotopic (exact) mass is 466 g/mol. The Balaban J connectivity index is 1.60. The third-order valence-corrected chi connectivity index (χ3v) is 6.42. The topological polar surface area (TPSA) is 75.7 Å². The van der Waals surface area contributed by atoms with Crippen molar-refractivity contribution in [2.75, 3.05) is 23.7 Å². The summed E-state index contributed by atoms with van der Waals surface area (Å²) < 4.78 is 32.3. The molecule has 7 heteroatoms. The lowest BCUT2D eigenvalue weighted by Gasteiger charge is -2.24. The van der Waals surface area contributed by atoms with Gasteiger partial charge in [-0.2, -0.15) is 0 Å². The van der Waals surface area contributed by atoms with E-state index in [1.807, 2.05) is 60.7 Å².